The van der Waals surface area contributed by atoms with Crippen LogP contribution in [0.5, 0.6) is 5.75 Å². The van der Waals surface area contributed by atoms with Gasteiger partial charge in [-0.25, -0.2) is 0 Å². The number of rotatable bonds is 5. The summed E-state index contributed by atoms with van der Waals surface area (Å²) in [6.45, 7) is 1.54. The minimum atomic E-state index is 0.680. The molecule has 1 fully saturated rings. The lowest BCUT2D eigenvalue weighted by Crippen LogP contribution is -2.25. The lowest BCUT2D eigenvalue weighted by Gasteiger charge is -2.25. The number of para-hydroxylation sites is 1. The molecule has 1 aromatic carbocycles. The van der Waals surface area contributed by atoms with Crippen molar-refractivity contribution < 1.29 is 4.74 Å². The summed E-state index contributed by atoms with van der Waals surface area (Å²) in [4.78, 5) is 0. The van der Waals surface area contributed by atoms with E-state index in [-0.39, 0.29) is 0 Å². The van der Waals surface area contributed by atoms with Crippen molar-refractivity contribution in [1.29, 1.82) is 0 Å². The largest absolute Gasteiger partial charge is 0.493 e. The summed E-state index contributed by atoms with van der Waals surface area (Å²) in [5.74, 6) is 4.26. The van der Waals surface area contributed by atoms with Crippen LogP contribution in [0.2, 0.25) is 0 Å². The van der Waals surface area contributed by atoms with Gasteiger partial charge < -0.3 is 10.5 Å². The lowest BCUT2D eigenvalue weighted by molar-refractivity contribution is 0.267. The van der Waals surface area contributed by atoms with Crippen molar-refractivity contribution >= 4 is 11.8 Å². The molecule has 1 heterocycles. The van der Waals surface area contributed by atoms with E-state index in [1.54, 1.807) is 0 Å². The van der Waals surface area contributed by atoms with Gasteiger partial charge in [-0.15, -0.1) is 0 Å². The zero-order chi connectivity index (χ0) is 10.5. The average Bonchev–Trinajstić information content (AvgIpc) is 2.18. The Hall–Kier alpha value is -0.670. The maximum Gasteiger partial charge on any atom is 0.122 e. The van der Waals surface area contributed by atoms with Crippen LogP contribution in [0.15, 0.2) is 24.3 Å². The Labute approximate surface area is 95.2 Å². The standard InChI is InChI=1S/C12H17NOS/c13-6-5-11-3-1-2-4-12(11)14-7-10-8-15-9-10/h1-4,10H,5-9,13H2. The predicted octanol–water partition coefficient (Wildman–Crippen LogP) is 1.93. The number of hydrogen-bond acceptors (Lipinski definition) is 3. The molecule has 0 unspecified atom stereocenters. The Morgan fingerprint density at radius 3 is 2.80 bits per heavy atom. The molecule has 1 saturated heterocycles. The predicted molar refractivity (Wildman–Crippen MR) is 65.5 cm³/mol. The molecule has 1 aromatic rings. The number of benzene rings is 1. The maximum absolute atomic E-state index is 5.82. The molecule has 0 aromatic heterocycles. The van der Waals surface area contributed by atoms with E-state index in [9.17, 15) is 0 Å². The van der Waals surface area contributed by atoms with E-state index in [1.165, 1.54) is 17.1 Å². The van der Waals surface area contributed by atoms with E-state index in [4.69, 9.17) is 10.5 Å². The molecule has 0 radical (unpaired) electrons. The SMILES string of the molecule is NCCc1ccccc1OCC1CSC1. The summed E-state index contributed by atoms with van der Waals surface area (Å²) in [6, 6.07) is 8.19. The smallest absolute Gasteiger partial charge is 0.122 e. The molecule has 2 N–H and O–H groups in total. The number of nitrogens with two attached hydrogens (primary N) is 1. The Balaban J connectivity index is 1.92. The quantitative estimate of drug-likeness (QED) is 0.828. The van der Waals surface area contributed by atoms with Crippen molar-refractivity contribution in [2.75, 3.05) is 24.7 Å². The van der Waals surface area contributed by atoms with E-state index in [2.05, 4.69) is 6.07 Å². The summed E-state index contributed by atoms with van der Waals surface area (Å²) in [5, 5.41) is 0. The maximum atomic E-state index is 5.82. The second-order valence-electron chi connectivity index (χ2n) is 3.86. The van der Waals surface area contributed by atoms with Gasteiger partial charge in [-0.2, -0.15) is 11.8 Å². The van der Waals surface area contributed by atoms with Crippen LogP contribution in [0.4, 0.5) is 0 Å². The fraction of sp³-hybridized carbons (Fsp3) is 0.500. The van der Waals surface area contributed by atoms with Crippen molar-refractivity contribution in [3.8, 4) is 5.75 Å². The Kier molecular flexibility index (Phi) is 3.92. The second kappa shape index (κ2) is 5.42. The molecule has 0 atom stereocenters. The molecular weight excluding hydrogens is 206 g/mol. The van der Waals surface area contributed by atoms with Gasteiger partial charge in [0.25, 0.3) is 0 Å². The lowest BCUT2D eigenvalue weighted by atomic mass is 10.1. The van der Waals surface area contributed by atoms with Gasteiger partial charge in [-0.1, -0.05) is 18.2 Å². The first-order valence-corrected chi connectivity index (χ1v) is 6.54. The van der Waals surface area contributed by atoms with Crippen LogP contribution in [-0.4, -0.2) is 24.7 Å². The number of hydrogen-bond donors (Lipinski definition) is 1. The molecule has 0 spiro atoms. The minimum absolute atomic E-state index is 0.680. The zero-order valence-electron chi connectivity index (χ0n) is 8.82. The minimum Gasteiger partial charge on any atom is -0.493 e. The number of thioether (sulfide) groups is 1. The zero-order valence-corrected chi connectivity index (χ0v) is 9.63. The molecule has 1 aliphatic heterocycles. The monoisotopic (exact) mass is 223 g/mol. The molecule has 0 saturated carbocycles. The molecule has 2 nitrogen and oxygen atoms in total. The van der Waals surface area contributed by atoms with Gasteiger partial charge in [0.2, 0.25) is 0 Å². The van der Waals surface area contributed by atoms with Crippen molar-refractivity contribution in [1.82, 2.24) is 0 Å². The van der Waals surface area contributed by atoms with Crippen molar-refractivity contribution in [2.45, 2.75) is 6.42 Å². The van der Waals surface area contributed by atoms with Gasteiger partial charge in [-0.05, 0) is 24.6 Å². The van der Waals surface area contributed by atoms with Gasteiger partial charge in [0.15, 0.2) is 0 Å². The fourth-order valence-electron chi connectivity index (χ4n) is 1.60. The third-order valence-electron chi connectivity index (χ3n) is 2.57. The van der Waals surface area contributed by atoms with Crippen LogP contribution in [0, 0.1) is 5.92 Å². The van der Waals surface area contributed by atoms with Gasteiger partial charge >= 0.3 is 0 Å². The third-order valence-corrected chi connectivity index (χ3v) is 3.98. The molecule has 3 heteroatoms. The Bertz CT molecular complexity index is 312. The van der Waals surface area contributed by atoms with E-state index in [1.807, 2.05) is 30.0 Å². The molecule has 2 rings (SSSR count). The van der Waals surface area contributed by atoms with Gasteiger partial charge in [0.1, 0.15) is 5.75 Å². The molecule has 82 valence electrons. The highest BCUT2D eigenvalue weighted by molar-refractivity contribution is 8.00. The summed E-state index contributed by atoms with van der Waals surface area (Å²) < 4.78 is 5.82. The van der Waals surface area contributed by atoms with Crippen LogP contribution in [-0.2, 0) is 6.42 Å². The first-order chi connectivity index (χ1) is 7.40. The summed E-state index contributed by atoms with van der Waals surface area (Å²) in [7, 11) is 0. The van der Waals surface area contributed by atoms with Gasteiger partial charge in [0, 0.05) is 17.4 Å². The third kappa shape index (κ3) is 2.89. The van der Waals surface area contributed by atoms with E-state index in [0.717, 1.165) is 24.7 Å². The molecular formula is C12H17NOS. The normalized spacial score (nSPS) is 16.1. The van der Waals surface area contributed by atoms with Crippen LogP contribution in [0.25, 0.3) is 0 Å². The summed E-state index contributed by atoms with van der Waals surface area (Å²) >= 11 is 1.99. The molecule has 0 aliphatic carbocycles. The Morgan fingerprint density at radius 2 is 2.13 bits per heavy atom. The first kappa shape index (κ1) is 10.8. The highest BCUT2D eigenvalue weighted by Gasteiger charge is 2.18. The topological polar surface area (TPSA) is 35.2 Å². The second-order valence-corrected chi connectivity index (χ2v) is 4.94. The van der Waals surface area contributed by atoms with Crippen LogP contribution in [0.1, 0.15) is 5.56 Å². The Morgan fingerprint density at radius 1 is 1.33 bits per heavy atom. The fourth-order valence-corrected chi connectivity index (χ4v) is 2.36. The van der Waals surface area contributed by atoms with E-state index in [0.29, 0.717) is 6.54 Å². The van der Waals surface area contributed by atoms with Gasteiger partial charge in [0.05, 0.1) is 6.61 Å². The van der Waals surface area contributed by atoms with E-state index < -0.39 is 0 Å². The highest BCUT2D eigenvalue weighted by atomic mass is 32.2. The first-order valence-electron chi connectivity index (χ1n) is 5.38. The molecule has 15 heavy (non-hydrogen) atoms. The van der Waals surface area contributed by atoms with Crippen molar-refractivity contribution in [2.24, 2.45) is 11.7 Å². The van der Waals surface area contributed by atoms with Crippen LogP contribution in [0.3, 0.4) is 0 Å². The average molecular weight is 223 g/mol. The summed E-state index contributed by atoms with van der Waals surface area (Å²) in [6.07, 6.45) is 0.898. The van der Waals surface area contributed by atoms with Crippen molar-refractivity contribution in [3.63, 3.8) is 0 Å². The van der Waals surface area contributed by atoms with E-state index >= 15 is 0 Å². The molecule has 0 bridgehead atoms. The van der Waals surface area contributed by atoms with Gasteiger partial charge in [-0.3, -0.25) is 0 Å². The molecule has 1 aliphatic rings. The number of ether oxygens (including phenoxy) is 1. The van der Waals surface area contributed by atoms with Crippen LogP contribution >= 0.6 is 11.8 Å². The molecule has 0 amide bonds. The van der Waals surface area contributed by atoms with Crippen molar-refractivity contribution in [3.05, 3.63) is 29.8 Å². The summed E-state index contributed by atoms with van der Waals surface area (Å²) in [5.41, 5.74) is 6.79. The highest BCUT2D eigenvalue weighted by Crippen LogP contribution is 2.26. The van der Waals surface area contributed by atoms with Crippen LogP contribution < -0.4 is 10.5 Å².